The summed E-state index contributed by atoms with van der Waals surface area (Å²) in [7, 11) is 0. The summed E-state index contributed by atoms with van der Waals surface area (Å²) in [4.78, 5) is 0. The van der Waals surface area contributed by atoms with E-state index in [1.54, 1.807) is 11.8 Å². The Morgan fingerprint density at radius 3 is 2.23 bits per heavy atom. The molecule has 1 aromatic rings. The minimum absolute atomic E-state index is 0.0357. The van der Waals surface area contributed by atoms with Crippen LogP contribution in [0.25, 0.3) is 0 Å². The van der Waals surface area contributed by atoms with E-state index >= 15 is 0 Å². The van der Waals surface area contributed by atoms with Gasteiger partial charge in [0.2, 0.25) is 0 Å². The highest BCUT2D eigenvalue weighted by atomic mass is 32.2. The molecule has 72 valence electrons. The standard InChI is InChI=1S/C10H14O2S/c11-6-10(7-12)13-8-9-4-2-1-3-5-9/h1-5,10-12H,6-8H2. The number of benzene rings is 1. The number of rotatable bonds is 5. The van der Waals surface area contributed by atoms with Gasteiger partial charge in [-0.05, 0) is 5.56 Å². The van der Waals surface area contributed by atoms with Crippen molar-refractivity contribution in [3.8, 4) is 0 Å². The van der Waals surface area contributed by atoms with Crippen molar-refractivity contribution in [3.63, 3.8) is 0 Å². The van der Waals surface area contributed by atoms with E-state index in [2.05, 4.69) is 0 Å². The lowest BCUT2D eigenvalue weighted by Crippen LogP contribution is -2.13. The minimum atomic E-state index is -0.0554. The molecule has 0 aliphatic rings. The molecule has 2 N–H and O–H groups in total. The van der Waals surface area contributed by atoms with Crippen molar-refractivity contribution < 1.29 is 10.2 Å². The summed E-state index contributed by atoms with van der Waals surface area (Å²) < 4.78 is 0. The van der Waals surface area contributed by atoms with Gasteiger partial charge < -0.3 is 10.2 Å². The average Bonchev–Trinajstić information content (AvgIpc) is 2.21. The molecular formula is C10H14O2S. The topological polar surface area (TPSA) is 40.5 Å². The molecule has 0 saturated heterocycles. The van der Waals surface area contributed by atoms with Crippen LogP contribution in [0.1, 0.15) is 5.56 Å². The molecule has 0 aromatic heterocycles. The highest BCUT2D eigenvalue weighted by Gasteiger charge is 2.05. The van der Waals surface area contributed by atoms with Crippen molar-refractivity contribution in [1.29, 1.82) is 0 Å². The molecule has 0 fully saturated rings. The van der Waals surface area contributed by atoms with Gasteiger partial charge in [-0.2, -0.15) is 0 Å². The normalized spacial score (nSPS) is 10.7. The van der Waals surface area contributed by atoms with Crippen molar-refractivity contribution in [2.75, 3.05) is 13.2 Å². The maximum Gasteiger partial charge on any atom is 0.0572 e. The summed E-state index contributed by atoms with van der Waals surface area (Å²) in [5.74, 6) is 0.840. The first-order valence-corrected chi connectivity index (χ1v) is 5.29. The largest absolute Gasteiger partial charge is 0.395 e. The van der Waals surface area contributed by atoms with Crippen LogP contribution in [0.3, 0.4) is 0 Å². The zero-order valence-corrected chi connectivity index (χ0v) is 8.20. The van der Waals surface area contributed by atoms with Gasteiger partial charge >= 0.3 is 0 Å². The van der Waals surface area contributed by atoms with E-state index in [4.69, 9.17) is 10.2 Å². The summed E-state index contributed by atoms with van der Waals surface area (Å²) in [6, 6.07) is 10.0. The molecule has 0 heterocycles. The van der Waals surface area contributed by atoms with Gasteiger partial charge in [-0.25, -0.2) is 0 Å². The Hall–Kier alpha value is -0.510. The van der Waals surface area contributed by atoms with Gasteiger partial charge in [0.1, 0.15) is 0 Å². The molecule has 13 heavy (non-hydrogen) atoms. The van der Waals surface area contributed by atoms with Crippen LogP contribution in [-0.4, -0.2) is 28.7 Å². The van der Waals surface area contributed by atoms with E-state index in [9.17, 15) is 0 Å². The third-order valence-corrected chi connectivity index (χ3v) is 3.01. The second-order valence-corrected chi connectivity index (χ2v) is 4.07. The van der Waals surface area contributed by atoms with Crippen molar-refractivity contribution in [2.45, 2.75) is 11.0 Å². The Morgan fingerprint density at radius 2 is 1.69 bits per heavy atom. The van der Waals surface area contributed by atoms with Crippen molar-refractivity contribution in [1.82, 2.24) is 0 Å². The molecule has 1 rings (SSSR count). The number of hydrogen-bond donors (Lipinski definition) is 2. The molecule has 0 aliphatic carbocycles. The van der Waals surface area contributed by atoms with Gasteiger partial charge in [-0.15, -0.1) is 11.8 Å². The highest BCUT2D eigenvalue weighted by Crippen LogP contribution is 2.16. The second kappa shape index (κ2) is 6.02. The van der Waals surface area contributed by atoms with Crippen LogP contribution in [0, 0.1) is 0 Å². The van der Waals surface area contributed by atoms with Crippen molar-refractivity contribution in [3.05, 3.63) is 35.9 Å². The lowest BCUT2D eigenvalue weighted by atomic mass is 10.2. The number of aliphatic hydroxyl groups excluding tert-OH is 2. The van der Waals surface area contributed by atoms with Gasteiger partial charge in [-0.3, -0.25) is 0 Å². The molecular weight excluding hydrogens is 184 g/mol. The molecule has 0 atom stereocenters. The Bertz CT molecular complexity index is 222. The van der Waals surface area contributed by atoms with Crippen LogP contribution < -0.4 is 0 Å². The predicted octanol–water partition coefficient (Wildman–Crippen LogP) is 1.27. The average molecular weight is 198 g/mol. The molecule has 0 saturated carbocycles. The summed E-state index contributed by atoms with van der Waals surface area (Å²) in [6.07, 6.45) is 0. The zero-order valence-electron chi connectivity index (χ0n) is 7.39. The maximum absolute atomic E-state index is 8.82. The fourth-order valence-corrected chi connectivity index (χ4v) is 1.78. The minimum Gasteiger partial charge on any atom is -0.395 e. The van der Waals surface area contributed by atoms with Gasteiger partial charge in [0.15, 0.2) is 0 Å². The smallest absolute Gasteiger partial charge is 0.0572 e. The van der Waals surface area contributed by atoms with Crippen LogP contribution in [0.2, 0.25) is 0 Å². The monoisotopic (exact) mass is 198 g/mol. The first kappa shape index (κ1) is 10.6. The zero-order chi connectivity index (χ0) is 9.52. The van der Waals surface area contributed by atoms with Gasteiger partial charge in [0.05, 0.1) is 18.5 Å². The first-order chi connectivity index (χ1) is 6.36. The van der Waals surface area contributed by atoms with Crippen LogP contribution in [0.5, 0.6) is 0 Å². The van der Waals surface area contributed by atoms with Crippen LogP contribution in [0.4, 0.5) is 0 Å². The van der Waals surface area contributed by atoms with Gasteiger partial charge in [-0.1, -0.05) is 30.3 Å². The maximum atomic E-state index is 8.82. The quantitative estimate of drug-likeness (QED) is 0.748. The van der Waals surface area contributed by atoms with Gasteiger partial charge in [0, 0.05) is 5.75 Å². The van der Waals surface area contributed by atoms with E-state index in [0.717, 1.165) is 5.75 Å². The molecule has 0 radical (unpaired) electrons. The van der Waals surface area contributed by atoms with Crippen molar-refractivity contribution in [2.24, 2.45) is 0 Å². The first-order valence-electron chi connectivity index (χ1n) is 4.24. The number of thioether (sulfide) groups is 1. The van der Waals surface area contributed by atoms with E-state index in [-0.39, 0.29) is 18.5 Å². The Morgan fingerprint density at radius 1 is 1.08 bits per heavy atom. The van der Waals surface area contributed by atoms with Gasteiger partial charge in [0.25, 0.3) is 0 Å². The second-order valence-electron chi connectivity index (χ2n) is 2.78. The van der Waals surface area contributed by atoms with Crippen molar-refractivity contribution >= 4 is 11.8 Å². The van der Waals surface area contributed by atoms with E-state index in [0.29, 0.717) is 0 Å². The lowest BCUT2D eigenvalue weighted by molar-refractivity contribution is 0.228. The number of hydrogen-bond acceptors (Lipinski definition) is 3. The molecule has 2 nitrogen and oxygen atoms in total. The Labute approximate surface area is 82.6 Å². The van der Waals surface area contributed by atoms with E-state index in [1.165, 1.54) is 5.56 Å². The lowest BCUT2D eigenvalue weighted by Gasteiger charge is -2.09. The predicted molar refractivity (Wildman–Crippen MR) is 55.7 cm³/mol. The fraction of sp³-hybridized carbons (Fsp3) is 0.400. The van der Waals surface area contributed by atoms with E-state index in [1.807, 2.05) is 30.3 Å². The number of aliphatic hydroxyl groups is 2. The molecule has 0 bridgehead atoms. The van der Waals surface area contributed by atoms with Crippen LogP contribution in [-0.2, 0) is 5.75 Å². The molecule has 0 aliphatic heterocycles. The summed E-state index contributed by atoms with van der Waals surface area (Å²) in [5, 5.41) is 17.6. The molecule has 1 aromatic carbocycles. The Kier molecular flexibility index (Phi) is 4.90. The third-order valence-electron chi connectivity index (χ3n) is 1.74. The Balaban J connectivity index is 2.34. The summed E-state index contributed by atoms with van der Waals surface area (Å²) >= 11 is 1.57. The van der Waals surface area contributed by atoms with Crippen LogP contribution >= 0.6 is 11.8 Å². The molecule has 0 amide bonds. The molecule has 0 spiro atoms. The SMILES string of the molecule is OCC(CO)SCc1ccccc1. The molecule has 0 unspecified atom stereocenters. The fourth-order valence-electron chi connectivity index (χ4n) is 0.951. The summed E-state index contributed by atoms with van der Waals surface area (Å²) in [5.41, 5.74) is 1.22. The van der Waals surface area contributed by atoms with E-state index < -0.39 is 0 Å². The summed E-state index contributed by atoms with van der Waals surface area (Å²) in [6.45, 7) is 0.0714. The third kappa shape index (κ3) is 3.81. The molecule has 3 heteroatoms. The van der Waals surface area contributed by atoms with Crippen LogP contribution in [0.15, 0.2) is 30.3 Å². The highest BCUT2D eigenvalue weighted by molar-refractivity contribution is 7.99.